The lowest BCUT2D eigenvalue weighted by atomic mass is 10.2. The lowest BCUT2D eigenvalue weighted by molar-refractivity contribution is 0.305. The molecule has 8 heteroatoms. The molecule has 0 fully saturated rings. The first kappa shape index (κ1) is 15.0. The molecule has 110 valence electrons. The second kappa shape index (κ2) is 6.39. The highest BCUT2D eigenvalue weighted by atomic mass is 32.2. The van der Waals surface area contributed by atoms with Gasteiger partial charge in [0.15, 0.2) is 5.03 Å². The Labute approximate surface area is 122 Å². The number of rotatable bonds is 4. The zero-order chi connectivity index (χ0) is 15.3. The monoisotopic (exact) mass is 306 g/mol. The van der Waals surface area contributed by atoms with E-state index in [-0.39, 0.29) is 17.5 Å². The number of sulfonamides is 1. The van der Waals surface area contributed by atoms with Gasteiger partial charge in [-0.3, -0.25) is 9.40 Å². The van der Waals surface area contributed by atoms with Gasteiger partial charge in [-0.15, -0.1) is 0 Å². The first-order valence-electron chi connectivity index (χ1n) is 6.09. The van der Waals surface area contributed by atoms with Crippen molar-refractivity contribution >= 4 is 15.8 Å². The largest absolute Gasteiger partial charge is 0.395 e. The van der Waals surface area contributed by atoms with E-state index in [4.69, 9.17) is 5.11 Å². The topological polar surface area (TPSA) is 97.1 Å². The van der Waals surface area contributed by atoms with Crippen molar-refractivity contribution in [3.63, 3.8) is 0 Å². The smallest absolute Gasteiger partial charge is 0.280 e. The molecule has 2 aromatic heterocycles. The summed E-state index contributed by atoms with van der Waals surface area (Å²) in [5.74, 6) is 5.75. The third-order valence-corrected chi connectivity index (χ3v) is 3.95. The molecule has 2 aromatic rings. The van der Waals surface area contributed by atoms with Crippen LogP contribution in [0.4, 0.5) is 5.82 Å². The van der Waals surface area contributed by atoms with Crippen molar-refractivity contribution in [2.24, 2.45) is 7.05 Å². The highest BCUT2D eigenvalue weighted by Crippen LogP contribution is 2.13. The first-order chi connectivity index (χ1) is 10.0. The fourth-order valence-electron chi connectivity index (χ4n) is 1.60. The van der Waals surface area contributed by atoms with Crippen molar-refractivity contribution in [3.8, 4) is 11.8 Å². The number of aliphatic hydroxyl groups is 1. The molecule has 0 saturated carbocycles. The average Bonchev–Trinajstić information content (AvgIpc) is 2.86. The van der Waals surface area contributed by atoms with Gasteiger partial charge in [-0.05, 0) is 18.2 Å². The molecule has 0 aromatic carbocycles. The van der Waals surface area contributed by atoms with Crippen LogP contribution < -0.4 is 4.72 Å². The molecule has 21 heavy (non-hydrogen) atoms. The summed E-state index contributed by atoms with van der Waals surface area (Å²) in [7, 11) is -2.20. The minimum atomic E-state index is -3.74. The van der Waals surface area contributed by atoms with Gasteiger partial charge in [0.25, 0.3) is 10.0 Å². The van der Waals surface area contributed by atoms with Crippen LogP contribution in [0, 0.1) is 11.8 Å². The summed E-state index contributed by atoms with van der Waals surface area (Å²) >= 11 is 0. The van der Waals surface area contributed by atoms with Crippen LogP contribution in [0.3, 0.4) is 0 Å². The van der Waals surface area contributed by atoms with Crippen LogP contribution in [0.25, 0.3) is 0 Å². The maximum absolute atomic E-state index is 12.2. The van der Waals surface area contributed by atoms with Gasteiger partial charge < -0.3 is 5.11 Å². The average molecular weight is 306 g/mol. The summed E-state index contributed by atoms with van der Waals surface area (Å²) in [6.45, 7) is -0.0158. The Kier molecular flexibility index (Phi) is 4.57. The lowest BCUT2D eigenvalue weighted by Crippen LogP contribution is -2.17. The van der Waals surface area contributed by atoms with Gasteiger partial charge in [0.1, 0.15) is 5.82 Å². The van der Waals surface area contributed by atoms with Crippen LogP contribution in [-0.4, -0.2) is 34.9 Å². The summed E-state index contributed by atoms with van der Waals surface area (Å²) < 4.78 is 28.0. The highest BCUT2D eigenvalue weighted by Gasteiger charge is 2.18. The highest BCUT2D eigenvalue weighted by molar-refractivity contribution is 7.92. The van der Waals surface area contributed by atoms with Gasteiger partial charge in [0, 0.05) is 25.2 Å². The van der Waals surface area contributed by atoms with Crippen molar-refractivity contribution in [2.45, 2.75) is 11.4 Å². The molecule has 2 heterocycles. The number of nitrogens with zero attached hydrogens (tertiary/aromatic N) is 3. The van der Waals surface area contributed by atoms with E-state index in [1.807, 2.05) is 0 Å². The van der Waals surface area contributed by atoms with Gasteiger partial charge in [0.05, 0.1) is 12.8 Å². The number of anilines is 1. The number of hydrogen-bond acceptors (Lipinski definition) is 5. The summed E-state index contributed by atoms with van der Waals surface area (Å²) in [5, 5.41) is 12.5. The molecule has 2 rings (SSSR count). The predicted molar refractivity (Wildman–Crippen MR) is 76.8 cm³/mol. The zero-order valence-corrected chi connectivity index (χ0v) is 12.1. The number of hydrogen-bond donors (Lipinski definition) is 2. The summed E-state index contributed by atoms with van der Waals surface area (Å²) in [4.78, 5) is 3.96. The van der Waals surface area contributed by atoms with E-state index in [1.165, 1.54) is 29.2 Å². The van der Waals surface area contributed by atoms with Crippen molar-refractivity contribution in [3.05, 3.63) is 36.2 Å². The number of aliphatic hydroxyl groups excluding tert-OH is 1. The Hall–Kier alpha value is -2.37. The summed E-state index contributed by atoms with van der Waals surface area (Å²) in [5.41, 5.74) is 0.612. The zero-order valence-electron chi connectivity index (χ0n) is 11.3. The van der Waals surface area contributed by atoms with Crippen molar-refractivity contribution in [1.82, 2.24) is 14.8 Å². The third-order valence-electron chi connectivity index (χ3n) is 2.52. The Balaban J connectivity index is 2.23. The fraction of sp³-hybridized carbons (Fsp3) is 0.231. The molecule has 0 radical (unpaired) electrons. The molecule has 0 atom stereocenters. The fourth-order valence-corrected chi connectivity index (χ4v) is 2.73. The molecule has 0 unspecified atom stereocenters. The van der Waals surface area contributed by atoms with E-state index in [1.54, 1.807) is 13.1 Å². The third kappa shape index (κ3) is 3.81. The van der Waals surface area contributed by atoms with E-state index in [0.29, 0.717) is 12.0 Å². The second-order valence-corrected chi connectivity index (χ2v) is 5.73. The van der Waals surface area contributed by atoms with Crippen LogP contribution >= 0.6 is 0 Å². The van der Waals surface area contributed by atoms with Crippen molar-refractivity contribution in [1.29, 1.82) is 0 Å². The molecule has 0 aliphatic rings. The van der Waals surface area contributed by atoms with E-state index in [2.05, 4.69) is 26.6 Å². The maximum atomic E-state index is 12.2. The summed E-state index contributed by atoms with van der Waals surface area (Å²) in [6, 6.07) is 4.58. The van der Waals surface area contributed by atoms with Gasteiger partial charge >= 0.3 is 0 Å². The number of aromatic nitrogens is 3. The molecule has 0 aliphatic carbocycles. The van der Waals surface area contributed by atoms with Gasteiger partial charge in [0.2, 0.25) is 0 Å². The normalized spacial score (nSPS) is 10.8. The standard InChI is InChI=1S/C13H14N4O3S/c1-17-13(6-8-15-17)21(19,20)16-12-10-11(5-7-14-12)4-2-3-9-18/h5-8,10,18H,3,9H2,1H3,(H,14,16). The molecule has 0 saturated heterocycles. The SMILES string of the molecule is Cn1nccc1S(=O)(=O)Nc1cc(C#CCCO)ccn1. The Bertz CT molecular complexity index is 787. The van der Waals surface area contributed by atoms with Crippen molar-refractivity contribution in [2.75, 3.05) is 11.3 Å². The van der Waals surface area contributed by atoms with Crippen LogP contribution in [-0.2, 0) is 17.1 Å². The van der Waals surface area contributed by atoms with Crippen LogP contribution in [0.2, 0.25) is 0 Å². The minimum Gasteiger partial charge on any atom is -0.395 e. The molecule has 0 amide bonds. The van der Waals surface area contributed by atoms with Crippen LogP contribution in [0.5, 0.6) is 0 Å². The molecular weight excluding hydrogens is 292 g/mol. The van der Waals surface area contributed by atoms with Gasteiger partial charge in [-0.1, -0.05) is 11.8 Å². The van der Waals surface area contributed by atoms with Crippen molar-refractivity contribution < 1.29 is 13.5 Å². The van der Waals surface area contributed by atoms with Gasteiger partial charge in [-0.25, -0.2) is 4.98 Å². The van der Waals surface area contributed by atoms with E-state index < -0.39 is 10.0 Å². The first-order valence-corrected chi connectivity index (χ1v) is 7.58. The molecule has 0 bridgehead atoms. The molecule has 7 nitrogen and oxygen atoms in total. The number of aryl methyl sites for hydroxylation is 1. The van der Waals surface area contributed by atoms with E-state index >= 15 is 0 Å². The van der Waals surface area contributed by atoms with Crippen LogP contribution in [0.1, 0.15) is 12.0 Å². The number of pyridine rings is 1. The predicted octanol–water partition coefficient (Wildman–Crippen LogP) is 0.350. The minimum absolute atomic E-state index is 0.0158. The number of nitrogens with one attached hydrogen (secondary N) is 1. The maximum Gasteiger partial charge on any atom is 0.280 e. The quantitative estimate of drug-likeness (QED) is 0.794. The van der Waals surface area contributed by atoms with E-state index in [9.17, 15) is 8.42 Å². The summed E-state index contributed by atoms with van der Waals surface area (Å²) in [6.07, 6.45) is 3.22. The van der Waals surface area contributed by atoms with E-state index in [0.717, 1.165) is 0 Å². The molecule has 0 aliphatic heterocycles. The molecule has 0 spiro atoms. The Morgan fingerprint density at radius 1 is 1.38 bits per heavy atom. The molecule has 2 N–H and O–H groups in total. The molecular formula is C13H14N4O3S. The Morgan fingerprint density at radius 3 is 2.86 bits per heavy atom. The van der Waals surface area contributed by atoms with Gasteiger partial charge in [-0.2, -0.15) is 13.5 Å². The lowest BCUT2D eigenvalue weighted by Gasteiger charge is -2.07. The second-order valence-electron chi connectivity index (χ2n) is 4.10. The Morgan fingerprint density at radius 2 is 2.19 bits per heavy atom. The van der Waals surface area contributed by atoms with Crippen LogP contribution in [0.15, 0.2) is 35.6 Å².